The molecular formula is C19H16Cl2N2O. The summed E-state index contributed by atoms with van der Waals surface area (Å²) in [5.41, 5.74) is 3.62. The number of nitrogens with one attached hydrogen (secondary N) is 1. The highest BCUT2D eigenvalue weighted by Gasteiger charge is 2.11. The van der Waals surface area contributed by atoms with Crippen LogP contribution in [0.4, 0.5) is 11.5 Å². The van der Waals surface area contributed by atoms with Crippen molar-refractivity contribution in [2.24, 2.45) is 0 Å². The zero-order valence-electron chi connectivity index (χ0n) is 13.3. The molecule has 0 aliphatic heterocycles. The third-order valence-electron chi connectivity index (χ3n) is 3.55. The molecule has 1 N–H and O–H groups in total. The minimum Gasteiger partial charge on any atom is -0.496 e. The Morgan fingerprint density at radius 2 is 1.67 bits per heavy atom. The van der Waals surface area contributed by atoms with Crippen molar-refractivity contribution in [1.29, 1.82) is 0 Å². The molecule has 5 heteroatoms. The molecule has 0 saturated heterocycles. The van der Waals surface area contributed by atoms with Crippen LogP contribution in [0.15, 0.2) is 54.6 Å². The molecule has 24 heavy (non-hydrogen) atoms. The summed E-state index contributed by atoms with van der Waals surface area (Å²) in [6.07, 6.45) is 0. The standard InChI is InChI=1S/C19H16Cl2N2O/c1-12-3-6-15(7-4-12)22-19-11-14(21)10-17(23-19)16-9-13(20)5-8-18(16)24-2/h3-11H,1-2H3,(H,22,23). The van der Waals surface area contributed by atoms with E-state index in [9.17, 15) is 0 Å². The van der Waals surface area contributed by atoms with E-state index in [0.29, 0.717) is 27.3 Å². The second kappa shape index (κ2) is 7.12. The molecule has 0 aliphatic carbocycles. The zero-order chi connectivity index (χ0) is 17.1. The fraction of sp³-hybridized carbons (Fsp3) is 0.105. The lowest BCUT2D eigenvalue weighted by Crippen LogP contribution is -1.96. The van der Waals surface area contributed by atoms with E-state index in [0.717, 1.165) is 11.3 Å². The zero-order valence-corrected chi connectivity index (χ0v) is 14.8. The number of hydrogen-bond donors (Lipinski definition) is 1. The van der Waals surface area contributed by atoms with Crippen molar-refractivity contribution >= 4 is 34.7 Å². The second-order valence-electron chi connectivity index (χ2n) is 5.39. The van der Waals surface area contributed by atoms with Crippen LogP contribution < -0.4 is 10.1 Å². The molecule has 1 aromatic heterocycles. The van der Waals surface area contributed by atoms with E-state index in [4.69, 9.17) is 27.9 Å². The van der Waals surface area contributed by atoms with Crippen LogP contribution in [-0.2, 0) is 0 Å². The topological polar surface area (TPSA) is 34.1 Å². The number of benzene rings is 2. The Kier molecular flexibility index (Phi) is 4.93. The Bertz CT molecular complexity index is 864. The van der Waals surface area contributed by atoms with E-state index in [2.05, 4.69) is 10.3 Å². The fourth-order valence-corrected chi connectivity index (χ4v) is 2.74. The average Bonchev–Trinajstić information content (AvgIpc) is 2.56. The van der Waals surface area contributed by atoms with Crippen LogP contribution in [0.2, 0.25) is 10.0 Å². The molecule has 3 aromatic rings. The van der Waals surface area contributed by atoms with Gasteiger partial charge in [0.2, 0.25) is 0 Å². The van der Waals surface area contributed by atoms with Gasteiger partial charge in [-0.3, -0.25) is 0 Å². The maximum absolute atomic E-state index is 6.27. The molecule has 3 rings (SSSR count). The van der Waals surface area contributed by atoms with Crippen LogP contribution in [0.3, 0.4) is 0 Å². The van der Waals surface area contributed by atoms with Crippen LogP contribution >= 0.6 is 23.2 Å². The first-order chi connectivity index (χ1) is 11.5. The molecule has 0 radical (unpaired) electrons. The largest absolute Gasteiger partial charge is 0.496 e. The smallest absolute Gasteiger partial charge is 0.132 e. The van der Waals surface area contributed by atoms with Gasteiger partial charge >= 0.3 is 0 Å². The number of halogens is 2. The van der Waals surface area contributed by atoms with E-state index < -0.39 is 0 Å². The summed E-state index contributed by atoms with van der Waals surface area (Å²) in [5, 5.41) is 4.46. The number of ether oxygens (including phenoxy) is 1. The van der Waals surface area contributed by atoms with Crippen molar-refractivity contribution in [3.05, 3.63) is 70.2 Å². The summed E-state index contributed by atoms with van der Waals surface area (Å²) in [6, 6.07) is 17.0. The van der Waals surface area contributed by atoms with E-state index in [1.807, 2.05) is 43.3 Å². The predicted octanol–water partition coefficient (Wildman–Crippen LogP) is 6.12. The van der Waals surface area contributed by atoms with Crippen molar-refractivity contribution in [3.63, 3.8) is 0 Å². The minimum absolute atomic E-state index is 0.580. The summed E-state index contributed by atoms with van der Waals surface area (Å²) in [7, 11) is 1.61. The van der Waals surface area contributed by atoms with Gasteiger partial charge in [0.15, 0.2) is 0 Å². The van der Waals surface area contributed by atoms with Crippen LogP contribution in [0, 0.1) is 6.92 Å². The Balaban J connectivity index is 2.00. The Hall–Kier alpha value is -2.23. The maximum atomic E-state index is 6.27. The molecule has 1 heterocycles. The number of anilines is 2. The number of hydrogen-bond acceptors (Lipinski definition) is 3. The quantitative estimate of drug-likeness (QED) is 0.610. The lowest BCUT2D eigenvalue weighted by molar-refractivity contribution is 0.416. The van der Waals surface area contributed by atoms with Gasteiger partial charge in [0, 0.05) is 21.3 Å². The normalized spacial score (nSPS) is 10.5. The summed E-state index contributed by atoms with van der Waals surface area (Å²) in [6.45, 7) is 2.05. The van der Waals surface area contributed by atoms with Crippen LogP contribution in [0.25, 0.3) is 11.3 Å². The van der Waals surface area contributed by atoms with Gasteiger partial charge in [0.25, 0.3) is 0 Å². The van der Waals surface area contributed by atoms with E-state index in [1.54, 1.807) is 25.3 Å². The molecule has 3 nitrogen and oxygen atoms in total. The molecular weight excluding hydrogens is 343 g/mol. The van der Waals surface area contributed by atoms with Gasteiger partial charge < -0.3 is 10.1 Å². The predicted molar refractivity (Wildman–Crippen MR) is 101 cm³/mol. The van der Waals surface area contributed by atoms with Gasteiger partial charge in [0.1, 0.15) is 11.6 Å². The Morgan fingerprint density at radius 1 is 0.917 bits per heavy atom. The second-order valence-corrected chi connectivity index (χ2v) is 6.26. The molecule has 0 fully saturated rings. The van der Waals surface area contributed by atoms with Crippen molar-refractivity contribution in [3.8, 4) is 17.0 Å². The van der Waals surface area contributed by atoms with Gasteiger partial charge in [-0.2, -0.15) is 0 Å². The number of aryl methyl sites for hydroxylation is 1. The van der Waals surface area contributed by atoms with Gasteiger partial charge in [-0.1, -0.05) is 40.9 Å². The third-order valence-corrected chi connectivity index (χ3v) is 4.00. The molecule has 0 unspecified atom stereocenters. The van der Waals surface area contributed by atoms with E-state index in [1.165, 1.54) is 5.56 Å². The van der Waals surface area contributed by atoms with Gasteiger partial charge in [0.05, 0.1) is 12.8 Å². The van der Waals surface area contributed by atoms with Crippen LogP contribution in [0.1, 0.15) is 5.56 Å². The maximum Gasteiger partial charge on any atom is 0.132 e. The average molecular weight is 359 g/mol. The Morgan fingerprint density at radius 3 is 2.38 bits per heavy atom. The molecule has 0 aliphatic rings. The first-order valence-corrected chi connectivity index (χ1v) is 8.16. The summed E-state index contributed by atoms with van der Waals surface area (Å²) in [5.74, 6) is 1.35. The van der Waals surface area contributed by atoms with Crippen molar-refractivity contribution < 1.29 is 4.74 Å². The third kappa shape index (κ3) is 3.81. The first kappa shape index (κ1) is 16.6. The molecule has 0 spiro atoms. The number of nitrogens with zero attached hydrogens (tertiary/aromatic N) is 1. The highest BCUT2D eigenvalue weighted by Crippen LogP contribution is 2.34. The van der Waals surface area contributed by atoms with Crippen molar-refractivity contribution in [2.75, 3.05) is 12.4 Å². The summed E-state index contributed by atoms with van der Waals surface area (Å²) in [4.78, 5) is 4.64. The van der Waals surface area contributed by atoms with Crippen molar-refractivity contribution in [1.82, 2.24) is 4.98 Å². The summed E-state index contributed by atoms with van der Waals surface area (Å²) < 4.78 is 5.40. The monoisotopic (exact) mass is 358 g/mol. The number of aromatic nitrogens is 1. The number of rotatable bonds is 4. The van der Waals surface area contributed by atoms with Gasteiger partial charge in [-0.25, -0.2) is 4.98 Å². The Labute approximate surface area is 151 Å². The molecule has 0 saturated carbocycles. The molecule has 122 valence electrons. The van der Waals surface area contributed by atoms with Crippen LogP contribution in [-0.4, -0.2) is 12.1 Å². The number of pyridine rings is 1. The van der Waals surface area contributed by atoms with Gasteiger partial charge in [-0.15, -0.1) is 0 Å². The van der Waals surface area contributed by atoms with E-state index >= 15 is 0 Å². The van der Waals surface area contributed by atoms with Crippen molar-refractivity contribution in [2.45, 2.75) is 6.92 Å². The molecule has 0 atom stereocenters. The molecule has 2 aromatic carbocycles. The van der Waals surface area contributed by atoms with Gasteiger partial charge in [-0.05, 0) is 49.4 Å². The summed E-state index contributed by atoms with van der Waals surface area (Å²) >= 11 is 12.4. The minimum atomic E-state index is 0.580. The SMILES string of the molecule is COc1ccc(Cl)cc1-c1cc(Cl)cc(Nc2ccc(C)cc2)n1. The highest BCUT2D eigenvalue weighted by atomic mass is 35.5. The fourth-order valence-electron chi connectivity index (χ4n) is 2.36. The lowest BCUT2D eigenvalue weighted by atomic mass is 10.1. The number of methoxy groups -OCH3 is 1. The lowest BCUT2D eigenvalue weighted by Gasteiger charge is -2.12. The first-order valence-electron chi connectivity index (χ1n) is 7.40. The van der Waals surface area contributed by atoms with Crippen LogP contribution in [0.5, 0.6) is 5.75 Å². The molecule has 0 bridgehead atoms. The highest BCUT2D eigenvalue weighted by molar-refractivity contribution is 6.31. The molecule has 0 amide bonds. The van der Waals surface area contributed by atoms with E-state index in [-0.39, 0.29) is 0 Å².